The van der Waals surface area contributed by atoms with Gasteiger partial charge in [0, 0.05) is 0 Å². The van der Waals surface area contributed by atoms with E-state index in [1.165, 1.54) is 32.1 Å². The number of rotatable bonds is 3. The van der Waals surface area contributed by atoms with Gasteiger partial charge in [-0.2, -0.15) is 0 Å². The van der Waals surface area contributed by atoms with Crippen LogP contribution in [0.1, 0.15) is 32.1 Å². The zero-order valence-corrected chi connectivity index (χ0v) is 10.5. The Labute approximate surface area is 86.7 Å². The number of hydrogen-bond donors (Lipinski definition) is 0. The van der Waals surface area contributed by atoms with Gasteiger partial charge in [0.05, 0.1) is 0 Å². The summed E-state index contributed by atoms with van der Waals surface area (Å²) in [5.74, 6) is 3.24. The molecule has 1 aliphatic rings. The number of thioether (sulfide) groups is 1. The number of allylic oxidation sites excluding steroid dienone is 1. The van der Waals surface area contributed by atoms with Crippen LogP contribution < -0.4 is 0 Å². The Balaban J connectivity index is 2.39. The van der Waals surface area contributed by atoms with E-state index in [1.54, 1.807) is 3.80 Å². The van der Waals surface area contributed by atoms with Crippen molar-refractivity contribution in [3.05, 3.63) is 9.88 Å². The maximum atomic E-state index is 2.55. The minimum atomic E-state index is 0.719. The maximum absolute atomic E-state index is 2.55. The van der Waals surface area contributed by atoms with Gasteiger partial charge in [0.25, 0.3) is 0 Å². The summed E-state index contributed by atoms with van der Waals surface area (Å²) < 4.78 is 1.65. The van der Waals surface area contributed by atoms with Crippen LogP contribution in [0.3, 0.4) is 0 Å². The Morgan fingerprint density at radius 2 is 2.00 bits per heavy atom. The zero-order chi connectivity index (χ0) is 8.81. The van der Waals surface area contributed by atoms with Crippen molar-refractivity contribution in [1.82, 2.24) is 0 Å². The predicted octanol–water partition coefficient (Wildman–Crippen LogP) is 3.52. The van der Waals surface area contributed by atoms with Gasteiger partial charge >= 0.3 is 86.7 Å². The molecule has 0 atom stereocenters. The molecule has 0 radical (unpaired) electrons. The first-order valence-corrected chi connectivity index (χ1v) is 8.46. The molecule has 1 rings (SSSR count). The topological polar surface area (TPSA) is 0 Å². The quantitative estimate of drug-likeness (QED) is 0.690. The fourth-order valence-electron chi connectivity index (χ4n) is 1.71. The average molecular weight is 249 g/mol. The van der Waals surface area contributed by atoms with Crippen molar-refractivity contribution in [2.24, 2.45) is 5.92 Å². The Hall–Kier alpha value is 0.609. The van der Waals surface area contributed by atoms with Crippen LogP contribution >= 0.6 is 11.8 Å². The van der Waals surface area contributed by atoms with Gasteiger partial charge in [0.2, 0.25) is 0 Å². The fourth-order valence-corrected chi connectivity index (χ4v) is 3.95. The molecule has 1 saturated carbocycles. The third-order valence-electron chi connectivity index (χ3n) is 2.42. The second-order valence-electron chi connectivity index (χ2n) is 3.29. The van der Waals surface area contributed by atoms with E-state index in [4.69, 9.17) is 0 Å². The van der Waals surface area contributed by atoms with E-state index in [1.807, 2.05) is 11.8 Å². The predicted molar refractivity (Wildman–Crippen MR) is 59.8 cm³/mol. The van der Waals surface area contributed by atoms with Crippen LogP contribution in [-0.2, 0) is 0 Å². The normalized spacial score (nSPS) is 21.3. The van der Waals surface area contributed by atoms with E-state index in [2.05, 4.69) is 18.2 Å². The first-order chi connectivity index (χ1) is 5.86. The Morgan fingerprint density at radius 3 is 2.50 bits per heavy atom. The first-order valence-electron chi connectivity index (χ1n) is 4.66. The number of hydrogen-bond acceptors (Lipinski definition) is 1. The minimum absolute atomic E-state index is 0.719. The molecule has 0 aromatic rings. The summed E-state index contributed by atoms with van der Waals surface area (Å²) in [6, 6.07) is 0. The van der Waals surface area contributed by atoms with Crippen molar-refractivity contribution in [3.63, 3.8) is 0 Å². The van der Waals surface area contributed by atoms with Gasteiger partial charge in [-0.3, -0.25) is 0 Å². The second kappa shape index (κ2) is 6.12. The average Bonchev–Trinajstić information content (AvgIpc) is 2.16. The molecule has 0 N–H and O–H groups in total. The molecular formula is C10H18SSe. The summed E-state index contributed by atoms with van der Waals surface area (Å²) in [6.07, 6.45) is 12.0. The van der Waals surface area contributed by atoms with Crippen LogP contribution in [-0.4, -0.2) is 21.2 Å². The molecule has 0 unspecified atom stereocenters. The molecule has 0 spiro atoms. The van der Waals surface area contributed by atoms with Crippen LogP contribution in [0.25, 0.3) is 0 Å². The van der Waals surface area contributed by atoms with Crippen molar-refractivity contribution >= 4 is 26.7 Å². The standard InChI is InChI=1S/C10H18SSe/c1-11-10(12-2)8-9-6-4-3-5-7-9/h8-9H,3-7H2,1-2H3/b10-8+. The van der Waals surface area contributed by atoms with Crippen molar-refractivity contribution in [3.8, 4) is 0 Å². The molecule has 0 saturated heterocycles. The van der Waals surface area contributed by atoms with Crippen LogP contribution in [0.4, 0.5) is 0 Å². The molecule has 0 aliphatic heterocycles. The molecule has 70 valence electrons. The van der Waals surface area contributed by atoms with E-state index in [-0.39, 0.29) is 0 Å². The van der Waals surface area contributed by atoms with Gasteiger partial charge in [-0.25, -0.2) is 0 Å². The van der Waals surface area contributed by atoms with Crippen LogP contribution in [0.5, 0.6) is 0 Å². The van der Waals surface area contributed by atoms with Crippen molar-refractivity contribution in [2.45, 2.75) is 37.9 Å². The van der Waals surface area contributed by atoms with E-state index < -0.39 is 0 Å². The van der Waals surface area contributed by atoms with Crippen molar-refractivity contribution in [2.75, 3.05) is 6.26 Å². The van der Waals surface area contributed by atoms with Crippen LogP contribution in [0.15, 0.2) is 9.88 Å². The summed E-state index contributed by atoms with van der Waals surface area (Å²) in [5.41, 5.74) is 0. The van der Waals surface area contributed by atoms with E-state index in [0.29, 0.717) is 0 Å². The van der Waals surface area contributed by atoms with E-state index in [9.17, 15) is 0 Å². The molecule has 2 heteroatoms. The first kappa shape index (κ1) is 10.7. The molecule has 0 bridgehead atoms. The zero-order valence-electron chi connectivity index (χ0n) is 8.01. The summed E-state index contributed by atoms with van der Waals surface area (Å²) in [5, 5.41) is 0. The Bertz CT molecular complexity index is 142. The van der Waals surface area contributed by atoms with Gasteiger partial charge in [0.15, 0.2) is 0 Å². The Kier molecular flexibility index (Phi) is 5.45. The van der Waals surface area contributed by atoms with Gasteiger partial charge in [0.1, 0.15) is 0 Å². The van der Waals surface area contributed by atoms with Gasteiger partial charge in [-0.05, 0) is 0 Å². The molecule has 1 aliphatic carbocycles. The van der Waals surface area contributed by atoms with Crippen molar-refractivity contribution in [1.29, 1.82) is 0 Å². The summed E-state index contributed by atoms with van der Waals surface area (Å²) in [6.45, 7) is 0. The van der Waals surface area contributed by atoms with E-state index >= 15 is 0 Å². The van der Waals surface area contributed by atoms with Crippen molar-refractivity contribution < 1.29 is 0 Å². The second-order valence-corrected chi connectivity index (χ2v) is 6.50. The molecule has 0 nitrogen and oxygen atoms in total. The third-order valence-corrected chi connectivity index (χ3v) is 6.01. The summed E-state index contributed by atoms with van der Waals surface area (Å²) in [4.78, 5) is 0. The van der Waals surface area contributed by atoms with Crippen LogP contribution in [0, 0.1) is 5.92 Å². The molecule has 1 fully saturated rings. The van der Waals surface area contributed by atoms with Gasteiger partial charge in [-0.15, -0.1) is 0 Å². The monoisotopic (exact) mass is 250 g/mol. The molecule has 12 heavy (non-hydrogen) atoms. The van der Waals surface area contributed by atoms with E-state index in [0.717, 1.165) is 20.9 Å². The van der Waals surface area contributed by atoms with Gasteiger partial charge in [-0.1, -0.05) is 0 Å². The molecule has 0 heterocycles. The third kappa shape index (κ3) is 3.55. The fraction of sp³-hybridized carbons (Fsp3) is 0.800. The Morgan fingerprint density at radius 1 is 1.33 bits per heavy atom. The summed E-state index contributed by atoms with van der Waals surface area (Å²) >= 11 is 2.67. The molecule has 0 aromatic carbocycles. The molecule has 0 amide bonds. The summed E-state index contributed by atoms with van der Waals surface area (Å²) in [7, 11) is 0. The molecular weight excluding hydrogens is 231 g/mol. The van der Waals surface area contributed by atoms with Gasteiger partial charge < -0.3 is 0 Å². The van der Waals surface area contributed by atoms with Crippen LogP contribution in [0.2, 0.25) is 5.82 Å². The molecule has 0 aromatic heterocycles. The SMILES string of the molecule is CS/C(=C\C1CCCCC1)[Se]C.